The molecule has 1 aromatic heterocycles. The Kier molecular flexibility index (Phi) is 2.97. The van der Waals surface area contributed by atoms with Gasteiger partial charge in [0.2, 0.25) is 0 Å². The first-order chi connectivity index (χ1) is 8.75. The number of morpholine rings is 1. The topological polar surface area (TPSA) is 42.7 Å². The highest BCUT2D eigenvalue weighted by Crippen LogP contribution is 2.25. The highest BCUT2D eigenvalue weighted by Gasteiger charge is 2.16. The summed E-state index contributed by atoms with van der Waals surface area (Å²) < 4.78 is 11.0. The van der Waals surface area contributed by atoms with Gasteiger partial charge in [-0.2, -0.15) is 0 Å². The number of anilines is 1. The van der Waals surface area contributed by atoms with Gasteiger partial charge in [0.05, 0.1) is 23.6 Å². The summed E-state index contributed by atoms with van der Waals surface area (Å²) in [5, 5.41) is 0.971. The van der Waals surface area contributed by atoms with Crippen LogP contribution in [0.3, 0.4) is 0 Å². The van der Waals surface area contributed by atoms with Crippen LogP contribution in [0.4, 0.5) is 5.88 Å². The zero-order valence-corrected chi connectivity index (χ0v) is 10.4. The van der Waals surface area contributed by atoms with Crippen LogP contribution in [0, 0.1) is 0 Å². The number of rotatable bonds is 1. The molecule has 94 valence electrons. The lowest BCUT2D eigenvalue weighted by molar-refractivity contribution is 0.121. The van der Waals surface area contributed by atoms with Crippen LogP contribution in [-0.4, -0.2) is 26.3 Å². The van der Waals surface area contributed by atoms with Crippen LogP contribution in [0.5, 0.6) is 0 Å². The Labute approximate surface area is 109 Å². The van der Waals surface area contributed by atoms with Gasteiger partial charge < -0.3 is 14.1 Å². The second kappa shape index (κ2) is 4.63. The summed E-state index contributed by atoms with van der Waals surface area (Å²) in [6.07, 6.45) is 0. The number of hydrogen-bond acceptors (Lipinski definition) is 4. The summed E-state index contributed by atoms with van der Waals surface area (Å²) >= 11 is 6.06. The lowest BCUT2D eigenvalue weighted by atomic mass is 10.2. The molecule has 1 fully saturated rings. The van der Waals surface area contributed by atoms with Crippen LogP contribution in [0.25, 0.3) is 11.0 Å². The second-order valence-electron chi connectivity index (χ2n) is 4.16. The van der Waals surface area contributed by atoms with E-state index in [0.29, 0.717) is 35.1 Å². The third kappa shape index (κ3) is 1.98. The van der Waals surface area contributed by atoms with Crippen LogP contribution < -0.4 is 10.3 Å². The minimum Gasteiger partial charge on any atom is -0.439 e. The van der Waals surface area contributed by atoms with E-state index in [0.717, 1.165) is 13.1 Å². The standard InChI is InChI=1S/C13H12ClNO3/c14-10-3-1-2-9-11(16)8-12(18-13(9)10)15-4-6-17-7-5-15/h1-3,8H,4-7H2. The Morgan fingerprint density at radius 3 is 2.78 bits per heavy atom. The molecule has 0 spiro atoms. The van der Waals surface area contributed by atoms with Crippen molar-refractivity contribution in [2.24, 2.45) is 0 Å². The van der Waals surface area contributed by atoms with Crippen molar-refractivity contribution in [3.8, 4) is 0 Å². The highest BCUT2D eigenvalue weighted by molar-refractivity contribution is 6.34. The number of halogens is 1. The molecule has 2 aromatic rings. The zero-order chi connectivity index (χ0) is 12.5. The maximum absolute atomic E-state index is 12.0. The van der Waals surface area contributed by atoms with Gasteiger partial charge in [0, 0.05) is 19.2 Å². The molecule has 0 aliphatic carbocycles. The van der Waals surface area contributed by atoms with Crippen molar-refractivity contribution in [2.45, 2.75) is 0 Å². The largest absolute Gasteiger partial charge is 0.439 e. The predicted octanol–water partition coefficient (Wildman–Crippen LogP) is 2.28. The summed E-state index contributed by atoms with van der Waals surface area (Å²) in [6, 6.07) is 6.70. The monoisotopic (exact) mass is 265 g/mol. The number of nitrogens with zero attached hydrogens (tertiary/aromatic N) is 1. The summed E-state index contributed by atoms with van der Waals surface area (Å²) in [5.41, 5.74) is 0.383. The molecule has 18 heavy (non-hydrogen) atoms. The molecule has 0 unspecified atom stereocenters. The average molecular weight is 266 g/mol. The molecule has 0 atom stereocenters. The molecule has 5 heteroatoms. The first-order valence-corrected chi connectivity index (χ1v) is 6.18. The van der Waals surface area contributed by atoms with Crippen LogP contribution in [0.1, 0.15) is 0 Å². The minimum absolute atomic E-state index is 0.0692. The van der Waals surface area contributed by atoms with Gasteiger partial charge in [-0.05, 0) is 12.1 Å². The number of para-hydroxylation sites is 1. The van der Waals surface area contributed by atoms with Gasteiger partial charge in [0.15, 0.2) is 16.9 Å². The predicted molar refractivity (Wildman–Crippen MR) is 70.5 cm³/mol. The number of benzene rings is 1. The molecular weight excluding hydrogens is 254 g/mol. The van der Waals surface area contributed by atoms with Crippen molar-refractivity contribution >= 4 is 28.5 Å². The van der Waals surface area contributed by atoms with E-state index < -0.39 is 0 Å². The molecule has 0 radical (unpaired) electrons. The lowest BCUT2D eigenvalue weighted by Crippen LogP contribution is -2.36. The molecule has 0 bridgehead atoms. The van der Waals surface area contributed by atoms with Crippen molar-refractivity contribution in [3.05, 3.63) is 39.5 Å². The molecule has 1 saturated heterocycles. The van der Waals surface area contributed by atoms with Crippen molar-refractivity contribution in [2.75, 3.05) is 31.2 Å². The third-order valence-electron chi connectivity index (χ3n) is 3.02. The molecule has 1 aliphatic heterocycles. The summed E-state index contributed by atoms with van der Waals surface area (Å²) in [6.45, 7) is 2.73. The molecule has 2 heterocycles. The average Bonchev–Trinajstić information content (AvgIpc) is 2.41. The van der Waals surface area contributed by atoms with Crippen LogP contribution in [-0.2, 0) is 4.74 Å². The van der Waals surface area contributed by atoms with Gasteiger partial charge >= 0.3 is 0 Å². The van der Waals surface area contributed by atoms with E-state index in [-0.39, 0.29) is 5.43 Å². The van der Waals surface area contributed by atoms with Crippen LogP contribution in [0.2, 0.25) is 5.02 Å². The van der Waals surface area contributed by atoms with Crippen LogP contribution >= 0.6 is 11.6 Å². The van der Waals surface area contributed by atoms with Crippen molar-refractivity contribution in [1.29, 1.82) is 0 Å². The van der Waals surface area contributed by atoms with Crippen LogP contribution in [0.15, 0.2) is 33.5 Å². The van der Waals surface area contributed by atoms with Crippen molar-refractivity contribution in [1.82, 2.24) is 0 Å². The Morgan fingerprint density at radius 1 is 1.22 bits per heavy atom. The first-order valence-electron chi connectivity index (χ1n) is 5.81. The molecule has 0 saturated carbocycles. The molecule has 0 amide bonds. The van der Waals surface area contributed by atoms with Gasteiger partial charge in [-0.15, -0.1) is 0 Å². The molecule has 1 aliphatic rings. The fourth-order valence-electron chi connectivity index (χ4n) is 2.07. The van der Waals surface area contributed by atoms with E-state index in [9.17, 15) is 4.79 Å². The number of ether oxygens (including phenoxy) is 1. The summed E-state index contributed by atoms with van der Waals surface area (Å²) in [4.78, 5) is 14.0. The molecular formula is C13H12ClNO3. The van der Waals surface area contributed by atoms with E-state index >= 15 is 0 Å². The smallest absolute Gasteiger partial charge is 0.200 e. The Morgan fingerprint density at radius 2 is 2.00 bits per heavy atom. The first kappa shape index (κ1) is 11.6. The Balaban J connectivity index is 2.14. The summed E-state index contributed by atoms with van der Waals surface area (Å²) in [7, 11) is 0. The van der Waals surface area contributed by atoms with Crippen molar-refractivity contribution in [3.63, 3.8) is 0 Å². The lowest BCUT2D eigenvalue weighted by Gasteiger charge is -2.27. The van der Waals surface area contributed by atoms with Gasteiger partial charge in [-0.3, -0.25) is 4.79 Å². The fourth-order valence-corrected chi connectivity index (χ4v) is 2.28. The zero-order valence-electron chi connectivity index (χ0n) is 9.69. The normalized spacial score (nSPS) is 16.2. The quantitative estimate of drug-likeness (QED) is 0.793. The van der Waals surface area contributed by atoms with Gasteiger partial charge in [0.1, 0.15) is 0 Å². The Hall–Kier alpha value is -1.52. The molecule has 1 aromatic carbocycles. The SMILES string of the molecule is O=c1cc(N2CCOCC2)oc2c(Cl)cccc12. The fraction of sp³-hybridized carbons (Fsp3) is 0.308. The number of hydrogen-bond donors (Lipinski definition) is 0. The van der Waals surface area contributed by atoms with Gasteiger partial charge in [-0.25, -0.2) is 0 Å². The number of fused-ring (bicyclic) bond motifs is 1. The maximum Gasteiger partial charge on any atom is 0.200 e. The minimum atomic E-state index is -0.0692. The van der Waals surface area contributed by atoms with E-state index in [2.05, 4.69) is 0 Å². The third-order valence-corrected chi connectivity index (χ3v) is 3.31. The maximum atomic E-state index is 12.0. The molecule has 0 N–H and O–H groups in total. The second-order valence-corrected chi connectivity index (χ2v) is 4.57. The van der Waals surface area contributed by atoms with Gasteiger partial charge in [-0.1, -0.05) is 17.7 Å². The highest BCUT2D eigenvalue weighted by atomic mass is 35.5. The summed E-state index contributed by atoms with van der Waals surface area (Å²) in [5.74, 6) is 0.559. The van der Waals surface area contributed by atoms with E-state index in [1.807, 2.05) is 4.90 Å². The Bertz CT molecular complexity index is 632. The van der Waals surface area contributed by atoms with Gasteiger partial charge in [0.25, 0.3) is 0 Å². The van der Waals surface area contributed by atoms with Crippen molar-refractivity contribution < 1.29 is 9.15 Å². The van der Waals surface area contributed by atoms with E-state index in [4.69, 9.17) is 20.8 Å². The molecule has 3 rings (SSSR count). The molecule has 4 nitrogen and oxygen atoms in total. The van der Waals surface area contributed by atoms with E-state index in [1.54, 1.807) is 18.2 Å². The van der Waals surface area contributed by atoms with E-state index in [1.165, 1.54) is 6.07 Å².